The van der Waals surface area contributed by atoms with Gasteiger partial charge in [0.1, 0.15) is 0 Å². The average Bonchev–Trinajstić information content (AvgIpc) is 2.21. The molecule has 0 spiro atoms. The SMILES string of the molecule is C=C(C)CN(C)Cc1ccc(CNC)cc1Br. The number of hydrogen-bond donors (Lipinski definition) is 1. The van der Waals surface area contributed by atoms with Gasteiger partial charge in [0.25, 0.3) is 0 Å². The highest BCUT2D eigenvalue weighted by Crippen LogP contribution is 2.20. The molecule has 1 aromatic carbocycles. The summed E-state index contributed by atoms with van der Waals surface area (Å²) in [7, 11) is 4.07. The molecule has 0 fully saturated rings. The van der Waals surface area contributed by atoms with Crippen LogP contribution >= 0.6 is 15.9 Å². The van der Waals surface area contributed by atoms with Gasteiger partial charge in [-0.15, -0.1) is 0 Å². The minimum absolute atomic E-state index is 0.903. The van der Waals surface area contributed by atoms with E-state index in [0.29, 0.717) is 0 Å². The molecule has 1 rings (SSSR count). The Bertz CT molecular complexity index is 388. The first-order valence-electron chi connectivity index (χ1n) is 5.77. The van der Waals surface area contributed by atoms with Crippen molar-refractivity contribution < 1.29 is 0 Å². The van der Waals surface area contributed by atoms with Gasteiger partial charge in [-0.2, -0.15) is 0 Å². The van der Waals surface area contributed by atoms with Gasteiger partial charge in [-0.05, 0) is 38.2 Å². The fraction of sp³-hybridized carbons (Fsp3) is 0.429. The molecule has 94 valence electrons. The van der Waals surface area contributed by atoms with E-state index < -0.39 is 0 Å². The van der Waals surface area contributed by atoms with Crippen LogP contribution in [0.15, 0.2) is 34.8 Å². The van der Waals surface area contributed by atoms with Gasteiger partial charge in [0.2, 0.25) is 0 Å². The maximum absolute atomic E-state index is 3.94. The maximum atomic E-state index is 3.94. The molecule has 0 aliphatic rings. The predicted octanol–water partition coefficient (Wildman–Crippen LogP) is 3.18. The first kappa shape index (κ1) is 14.4. The summed E-state index contributed by atoms with van der Waals surface area (Å²) in [4.78, 5) is 2.26. The molecule has 1 aromatic rings. The summed E-state index contributed by atoms with van der Waals surface area (Å²) in [5, 5.41) is 3.15. The van der Waals surface area contributed by atoms with E-state index in [1.165, 1.54) is 21.2 Å². The molecule has 0 saturated heterocycles. The number of nitrogens with zero attached hydrogens (tertiary/aromatic N) is 1. The van der Waals surface area contributed by atoms with E-state index in [2.05, 4.69) is 64.9 Å². The molecule has 0 radical (unpaired) electrons. The molecule has 1 N–H and O–H groups in total. The number of halogens is 1. The maximum Gasteiger partial charge on any atom is 0.0245 e. The van der Waals surface area contributed by atoms with Crippen molar-refractivity contribution in [1.82, 2.24) is 10.2 Å². The Morgan fingerprint density at radius 2 is 2.18 bits per heavy atom. The minimum Gasteiger partial charge on any atom is -0.316 e. The molecule has 3 heteroatoms. The Hall–Kier alpha value is -0.640. The largest absolute Gasteiger partial charge is 0.316 e. The van der Waals surface area contributed by atoms with E-state index in [0.717, 1.165) is 19.6 Å². The molecule has 0 aliphatic heterocycles. The van der Waals surface area contributed by atoms with Crippen LogP contribution in [-0.2, 0) is 13.1 Å². The zero-order valence-electron chi connectivity index (χ0n) is 10.9. The van der Waals surface area contributed by atoms with Crippen LogP contribution in [0.4, 0.5) is 0 Å². The topological polar surface area (TPSA) is 15.3 Å². The van der Waals surface area contributed by atoms with Crippen LogP contribution < -0.4 is 5.32 Å². The molecule has 0 bridgehead atoms. The minimum atomic E-state index is 0.903. The van der Waals surface area contributed by atoms with Crippen molar-refractivity contribution in [3.63, 3.8) is 0 Å². The Morgan fingerprint density at radius 1 is 1.47 bits per heavy atom. The van der Waals surface area contributed by atoms with Gasteiger partial charge >= 0.3 is 0 Å². The molecule has 2 nitrogen and oxygen atoms in total. The van der Waals surface area contributed by atoms with Gasteiger partial charge in [0.15, 0.2) is 0 Å². The van der Waals surface area contributed by atoms with E-state index in [-0.39, 0.29) is 0 Å². The number of likely N-dealkylation sites (N-methyl/N-ethyl adjacent to an activating group) is 1. The molecule has 0 atom stereocenters. The van der Waals surface area contributed by atoms with Gasteiger partial charge < -0.3 is 5.32 Å². The van der Waals surface area contributed by atoms with Crippen molar-refractivity contribution in [2.24, 2.45) is 0 Å². The molecule has 0 amide bonds. The third-order valence-corrected chi connectivity index (χ3v) is 3.22. The zero-order valence-corrected chi connectivity index (χ0v) is 12.5. The number of rotatable bonds is 6. The lowest BCUT2D eigenvalue weighted by atomic mass is 10.1. The highest BCUT2D eigenvalue weighted by molar-refractivity contribution is 9.10. The van der Waals surface area contributed by atoms with E-state index in [9.17, 15) is 0 Å². The van der Waals surface area contributed by atoms with Crippen molar-refractivity contribution in [3.05, 3.63) is 46.0 Å². The standard InChI is InChI=1S/C14H21BrN2/c1-11(2)9-17(4)10-13-6-5-12(8-16-3)7-14(13)15/h5-7,16H,1,8-10H2,2-4H3. The molecule has 0 heterocycles. The van der Waals surface area contributed by atoms with Crippen molar-refractivity contribution in [3.8, 4) is 0 Å². The van der Waals surface area contributed by atoms with Gasteiger partial charge in [-0.3, -0.25) is 4.90 Å². The van der Waals surface area contributed by atoms with Crippen LogP contribution in [0.5, 0.6) is 0 Å². The van der Waals surface area contributed by atoms with Crippen molar-refractivity contribution in [1.29, 1.82) is 0 Å². The lowest BCUT2D eigenvalue weighted by molar-refractivity contribution is 0.355. The lowest BCUT2D eigenvalue weighted by Crippen LogP contribution is -2.19. The zero-order chi connectivity index (χ0) is 12.8. The summed E-state index contributed by atoms with van der Waals surface area (Å²) >= 11 is 3.63. The Balaban J connectivity index is 2.68. The molecule has 0 aliphatic carbocycles. The van der Waals surface area contributed by atoms with Crippen LogP contribution in [-0.4, -0.2) is 25.5 Å². The second-order valence-electron chi connectivity index (χ2n) is 4.59. The second-order valence-corrected chi connectivity index (χ2v) is 5.44. The summed E-state index contributed by atoms with van der Waals surface area (Å²) in [6.45, 7) is 8.77. The van der Waals surface area contributed by atoms with Crippen LogP contribution in [0.1, 0.15) is 18.1 Å². The summed E-state index contributed by atoms with van der Waals surface area (Å²) in [6.07, 6.45) is 0. The van der Waals surface area contributed by atoms with Gasteiger partial charge in [-0.25, -0.2) is 0 Å². The van der Waals surface area contributed by atoms with Crippen LogP contribution in [0.25, 0.3) is 0 Å². The first-order chi connectivity index (χ1) is 8.02. The van der Waals surface area contributed by atoms with Crippen molar-refractivity contribution in [2.75, 3.05) is 20.6 Å². The fourth-order valence-corrected chi connectivity index (χ4v) is 2.39. The molecule has 0 saturated carbocycles. The first-order valence-corrected chi connectivity index (χ1v) is 6.57. The van der Waals surface area contributed by atoms with Crippen molar-refractivity contribution >= 4 is 15.9 Å². The van der Waals surface area contributed by atoms with Crippen LogP contribution in [0.2, 0.25) is 0 Å². The van der Waals surface area contributed by atoms with E-state index in [1.54, 1.807) is 0 Å². The third-order valence-electron chi connectivity index (χ3n) is 2.48. The number of benzene rings is 1. The highest BCUT2D eigenvalue weighted by atomic mass is 79.9. The monoisotopic (exact) mass is 296 g/mol. The fourth-order valence-electron chi connectivity index (χ4n) is 1.84. The Kier molecular flexibility index (Phi) is 5.89. The molecule has 0 aromatic heterocycles. The summed E-state index contributed by atoms with van der Waals surface area (Å²) in [6, 6.07) is 6.54. The Morgan fingerprint density at radius 3 is 2.71 bits per heavy atom. The summed E-state index contributed by atoms with van der Waals surface area (Å²) < 4.78 is 1.18. The van der Waals surface area contributed by atoms with Crippen LogP contribution in [0, 0.1) is 0 Å². The second kappa shape index (κ2) is 6.94. The van der Waals surface area contributed by atoms with Crippen LogP contribution in [0.3, 0.4) is 0 Å². The van der Waals surface area contributed by atoms with E-state index in [4.69, 9.17) is 0 Å². The van der Waals surface area contributed by atoms with E-state index >= 15 is 0 Å². The molecule has 0 unspecified atom stereocenters. The van der Waals surface area contributed by atoms with Gasteiger partial charge in [-0.1, -0.05) is 40.2 Å². The predicted molar refractivity (Wildman–Crippen MR) is 78.1 cm³/mol. The normalized spacial score (nSPS) is 10.9. The highest BCUT2D eigenvalue weighted by Gasteiger charge is 2.05. The quantitative estimate of drug-likeness (QED) is 0.811. The summed E-state index contributed by atoms with van der Waals surface area (Å²) in [5.74, 6) is 0. The lowest BCUT2D eigenvalue weighted by Gasteiger charge is -2.18. The molecular formula is C14H21BrN2. The number of hydrogen-bond acceptors (Lipinski definition) is 2. The van der Waals surface area contributed by atoms with Gasteiger partial charge in [0, 0.05) is 24.1 Å². The average molecular weight is 297 g/mol. The van der Waals surface area contributed by atoms with Crippen molar-refractivity contribution in [2.45, 2.75) is 20.0 Å². The third kappa shape index (κ3) is 5.02. The van der Waals surface area contributed by atoms with E-state index in [1.807, 2.05) is 7.05 Å². The molecular weight excluding hydrogens is 276 g/mol. The number of nitrogens with one attached hydrogen (secondary N) is 1. The summed E-state index contributed by atoms with van der Waals surface area (Å²) in [5.41, 5.74) is 3.80. The van der Waals surface area contributed by atoms with Gasteiger partial charge in [0.05, 0.1) is 0 Å². The smallest absolute Gasteiger partial charge is 0.0245 e. The Labute approximate surface area is 113 Å². The molecule has 17 heavy (non-hydrogen) atoms.